The van der Waals surface area contributed by atoms with E-state index in [9.17, 15) is 9.59 Å². The molecule has 17 heavy (non-hydrogen) atoms. The number of amides is 1. The minimum Gasteiger partial charge on any atom is -0.452 e. The molecule has 1 amide bonds. The lowest BCUT2D eigenvalue weighted by Gasteiger charge is -2.07. The highest BCUT2D eigenvalue weighted by Crippen LogP contribution is 2.13. The number of ether oxygens (including phenoxy) is 1. The highest BCUT2D eigenvalue weighted by molar-refractivity contribution is 5.93. The smallest absolute Gasteiger partial charge is 0.338 e. The maximum absolute atomic E-state index is 11.6. The van der Waals surface area contributed by atoms with Crippen LogP contribution in [0.25, 0.3) is 0 Å². The van der Waals surface area contributed by atoms with Gasteiger partial charge in [0.15, 0.2) is 6.61 Å². The first-order valence-corrected chi connectivity index (χ1v) is 5.34. The van der Waals surface area contributed by atoms with Gasteiger partial charge in [0, 0.05) is 12.2 Å². The molecule has 0 aliphatic rings. The number of nitrogen functional groups attached to an aromatic ring is 1. The standard InChI is InChI=1S/C12H16N2O3/c1-3-14-11(15)7-17-12(16)10-5-4-9(13)6-8(10)2/h4-6H,3,7,13H2,1-2H3,(H,14,15). The van der Waals surface area contributed by atoms with Crippen LogP contribution in [0, 0.1) is 6.92 Å². The van der Waals surface area contributed by atoms with Gasteiger partial charge in [0.25, 0.3) is 5.91 Å². The van der Waals surface area contributed by atoms with Crippen molar-refractivity contribution in [3.63, 3.8) is 0 Å². The molecule has 0 atom stereocenters. The summed E-state index contributed by atoms with van der Waals surface area (Å²) in [6.45, 7) is 3.80. The van der Waals surface area contributed by atoms with Crippen LogP contribution in [0.5, 0.6) is 0 Å². The molecule has 1 aromatic rings. The fourth-order valence-corrected chi connectivity index (χ4v) is 1.37. The number of nitrogens with two attached hydrogens (primary N) is 1. The van der Waals surface area contributed by atoms with E-state index in [4.69, 9.17) is 10.5 Å². The van der Waals surface area contributed by atoms with Crippen molar-refractivity contribution in [2.24, 2.45) is 0 Å². The molecule has 92 valence electrons. The number of rotatable bonds is 4. The van der Waals surface area contributed by atoms with Crippen molar-refractivity contribution >= 4 is 17.6 Å². The summed E-state index contributed by atoms with van der Waals surface area (Å²) in [5.74, 6) is -0.831. The van der Waals surface area contributed by atoms with Crippen LogP contribution in [0.1, 0.15) is 22.8 Å². The Hall–Kier alpha value is -2.04. The second kappa shape index (κ2) is 5.89. The number of hydrogen-bond donors (Lipinski definition) is 2. The van der Waals surface area contributed by atoms with Crippen molar-refractivity contribution in [1.82, 2.24) is 5.32 Å². The molecule has 5 heteroatoms. The largest absolute Gasteiger partial charge is 0.452 e. The van der Waals surface area contributed by atoms with E-state index in [1.165, 1.54) is 0 Å². The number of anilines is 1. The van der Waals surface area contributed by atoms with Crippen molar-refractivity contribution in [2.45, 2.75) is 13.8 Å². The Kier molecular flexibility index (Phi) is 4.51. The molecule has 1 rings (SSSR count). The number of esters is 1. The summed E-state index contributed by atoms with van der Waals surface area (Å²) in [6.07, 6.45) is 0. The monoisotopic (exact) mass is 236 g/mol. The van der Waals surface area contributed by atoms with Gasteiger partial charge >= 0.3 is 5.97 Å². The number of carbonyl (C=O) groups excluding carboxylic acids is 2. The van der Waals surface area contributed by atoms with E-state index in [1.807, 2.05) is 0 Å². The number of benzene rings is 1. The third-order valence-electron chi connectivity index (χ3n) is 2.18. The van der Waals surface area contributed by atoms with E-state index in [-0.39, 0.29) is 12.5 Å². The zero-order valence-electron chi connectivity index (χ0n) is 9.95. The second-order valence-electron chi connectivity index (χ2n) is 3.60. The molecular weight excluding hydrogens is 220 g/mol. The lowest BCUT2D eigenvalue weighted by atomic mass is 10.1. The number of hydrogen-bond acceptors (Lipinski definition) is 4. The molecule has 1 aromatic carbocycles. The fourth-order valence-electron chi connectivity index (χ4n) is 1.37. The van der Waals surface area contributed by atoms with E-state index in [1.54, 1.807) is 32.0 Å². The van der Waals surface area contributed by atoms with Crippen LogP contribution in [0.15, 0.2) is 18.2 Å². The minimum absolute atomic E-state index is 0.267. The van der Waals surface area contributed by atoms with Crippen LogP contribution in [-0.4, -0.2) is 25.0 Å². The Morgan fingerprint density at radius 1 is 1.41 bits per heavy atom. The van der Waals surface area contributed by atoms with E-state index in [0.717, 1.165) is 5.56 Å². The van der Waals surface area contributed by atoms with Gasteiger partial charge in [-0.3, -0.25) is 4.79 Å². The molecule has 0 aliphatic carbocycles. The zero-order valence-corrected chi connectivity index (χ0v) is 9.95. The third kappa shape index (κ3) is 3.79. The molecule has 0 saturated heterocycles. The van der Waals surface area contributed by atoms with Gasteiger partial charge in [-0.15, -0.1) is 0 Å². The summed E-state index contributed by atoms with van der Waals surface area (Å²) in [5, 5.41) is 2.54. The quantitative estimate of drug-likeness (QED) is 0.600. The van der Waals surface area contributed by atoms with Gasteiger partial charge in [-0.05, 0) is 37.6 Å². The van der Waals surface area contributed by atoms with Gasteiger partial charge in [0.05, 0.1) is 5.56 Å². The lowest BCUT2D eigenvalue weighted by molar-refractivity contribution is -0.124. The number of aryl methyl sites for hydroxylation is 1. The number of nitrogens with one attached hydrogen (secondary N) is 1. The van der Waals surface area contributed by atoms with Gasteiger partial charge in [0.2, 0.25) is 0 Å². The Morgan fingerprint density at radius 3 is 2.71 bits per heavy atom. The van der Waals surface area contributed by atoms with E-state index in [0.29, 0.717) is 17.8 Å². The van der Waals surface area contributed by atoms with Gasteiger partial charge in [-0.2, -0.15) is 0 Å². The van der Waals surface area contributed by atoms with Gasteiger partial charge in [0.1, 0.15) is 0 Å². The van der Waals surface area contributed by atoms with Crippen molar-refractivity contribution in [3.05, 3.63) is 29.3 Å². The molecule has 0 fully saturated rings. The summed E-state index contributed by atoms with van der Waals surface area (Å²) in [4.78, 5) is 22.8. The molecule has 0 spiro atoms. The maximum atomic E-state index is 11.6. The lowest BCUT2D eigenvalue weighted by Crippen LogP contribution is -2.28. The van der Waals surface area contributed by atoms with Crippen LogP contribution in [0.2, 0.25) is 0 Å². The summed E-state index contributed by atoms with van der Waals surface area (Å²) < 4.78 is 4.87. The molecule has 3 N–H and O–H groups in total. The topological polar surface area (TPSA) is 81.4 Å². The van der Waals surface area contributed by atoms with E-state index in [2.05, 4.69) is 5.32 Å². The average Bonchev–Trinajstić information content (AvgIpc) is 2.26. The average molecular weight is 236 g/mol. The molecule has 5 nitrogen and oxygen atoms in total. The Bertz CT molecular complexity index is 430. The molecule has 0 aromatic heterocycles. The number of carbonyl (C=O) groups is 2. The third-order valence-corrected chi connectivity index (χ3v) is 2.18. The van der Waals surface area contributed by atoms with Crippen LogP contribution in [0.4, 0.5) is 5.69 Å². The predicted molar refractivity (Wildman–Crippen MR) is 64.6 cm³/mol. The van der Waals surface area contributed by atoms with Gasteiger partial charge < -0.3 is 15.8 Å². The van der Waals surface area contributed by atoms with Crippen LogP contribution in [0.3, 0.4) is 0 Å². The Balaban J connectivity index is 2.61. The van der Waals surface area contributed by atoms with E-state index >= 15 is 0 Å². The Labute approximate surface area is 99.9 Å². The molecule has 0 bridgehead atoms. The fraction of sp³-hybridized carbons (Fsp3) is 0.333. The van der Waals surface area contributed by atoms with Crippen LogP contribution in [-0.2, 0) is 9.53 Å². The van der Waals surface area contributed by atoms with Crippen molar-refractivity contribution in [3.8, 4) is 0 Å². The molecule has 0 unspecified atom stereocenters. The molecule has 0 saturated carbocycles. The molecule has 0 heterocycles. The highest BCUT2D eigenvalue weighted by atomic mass is 16.5. The minimum atomic E-state index is -0.520. The van der Waals surface area contributed by atoms with Gasteiger partial charge in [-0.25, -0.2) is 4.79 Å². The van der Waals surface area contributed by atoms with Crippen molar-refractivity contribution in [2.75, 3.05) is 18.9 Å². The molecule has 0 radical (unpaired) electrons. The molecular formula is C12H16N2O3. The molecule has 0 aliphatic heterocycles. The maximum Gasteiger partial charge on any atom is 0.338 e. The second-order valence-corrected chi connectivity index (χ2v) is 3.60. The Morgan fingerprint density at radius 2 is 2.12 bits per heavy atom. The highest BCUT2D eigenvalue weighted by Gasteiger charge is 2.12. The zero-order chi connectivity index (χ0) is 12.8. The van der Waals surface area contributed by atoms with Gasteiger partial charge in [-0.1, -0.05) is 0 Å². The van der Waals surface area contributed by atoms with Crippen molar-refractivity contribution in [1.29, 1.82) is 0 Å². The summed E-state index contributed by atoms with van der Waals surface area (Å²) in [5.41, 5.74) is 7.31. The number of likely N-dealkylation sites (N-methyl/N-ethyl adjacent to an activating group) is 1. The SMILES string of the molecule is CCNC(=O)COC(=O)c1ccc(N)cc1C. The first-order chi connectivity index (χ1) is 8.04. The summed E-state index contributed by atoms with van der Waals surface area (Å²) in [7, 11) is 0. The normalized spacial score (nSPS) is 9.76. The summed E-state index contributed by atoms with van der Waals surface area (Å²) in [6, 6.07) is 4.89. The first-order valence-electron chi connectivity index (χ1n) is 5.34. The summed E-state index contributed by atoms with van der Waals surface area (Å²) >= 11 is 0. The predicted octanol–water partition coefficient (Wildman–Crippen LogP) is 0.870. The van der Waals surface area contributed by atoms with E-state index < -0.39 is 5.97 Å². The van der Waals surface area contributed by atoms with Crippen LogP contribution >= 0.6 is 0 Å². The first kappa shape index (κ1) is 13.0. The van der Waals surface area contributed by atoms with Crippen molar-refractivity contribution < 1.29 is 14.3 Å². The van der Waals surface area contributed by atoms with Crippen LogP contribution < -0.4 is 11.1 Å².